The Hall–Kier alpha value is -1.59. The number of hydrogen-bond donors (Lipinski definition) is 2. The third-order valence-corrected chi connectivity index (χ3v) is 4.09. The van der Waals surface area contributed by atoms with E-state index in [1.165, 1.54) is 13.5 Å². The molecule has 1 amide bonds. The zero-order valence-corrected chi connectivity index (χ0v) is 10.9. The highest BCUT2D eigenvalue weighted by Gasteiger charge is 2.48. The maximum absolute atomic E-state index is 11.9. The minimum Gasteiger partial charge on any atom is -0.480 e. The summed E-state index contributed by atoms with van der Waals surface area (Å²) in [5, 5.41) is 11.6. The number of carbonyl (C=O) groups is 3. The summed E-state index contributed by atoms with van der Waals surface area (Å²) in [5.41, 5.74) is 0. The molecule has 0 bridgehead atoms. The van der Waals surface area contributed by atoms with Gasteiger partial charge in [0.2, 0.25) is 5.91 Å². The zero-order valence-electron chi connectivity index (χ0n) is 10.9. The van der Waals surface area contributed by atoms with E-state index in [-0.39, 0.29) is 24.7 Å². The lowest BCUT2D eigenvalue weighted by Crippen LogP contribution is -2.43. The van der Waals surface area contributed by atoms with Gasteiger partial charge in [0.25, 0.3) is 0 Å². The summed E-state index contributed by atoms with van der Waals surface area (Å²) in [6.07, 6.45) is 3.02. The summed E-state index contributed by atoms with van der Waals surface area (Å²) in [7, 11) is 1.25. The number of amides is 1. The van der Waals surface area contributed by atoms with Crippen LogP contribution < -0.4 is 5.32 Å². The van der Waals surface area contributed by atoms with Gasteiger partial charge in [-0.15, -0.1) is 0 Å². The van der Waals surface area contributed by atoms with E-state index in [0.29, 0.717) is 11.8 Å². The molecule has 2 aliphatic carbocycles. The van der Waals surface area contributed by atoms with Gasteiger partial charge in [-0.1, -0.05) is 0 Å². The summed E-state index contributed by atoms with van der Waals surface area (Å²) < 4.78 is 4.46. The molecular formula is C13H19NO5. The minimum absolute atomic E-state index is 0.0103. The maximum Gasteiger partial charge on any atom is 0.326 e. The van der Waals surface area contributed by atoms with Crippen LogP contribution in [0.1, 0.15) is 32.1 Å². The molecule has 0 radical (unpaired) electrons. The molecule has 2 unspecified atom stereocenters. The van der Waals surface area contributed by atoms with Crippen molar-refractivity contribution in [3.05, 3.63) is 0 Å². The van der Waals surface area contributed by atoms with Gasteiger partial charge in [0.05, 0.1) is 7.11 Å². The molecule has 19 heavy (non-hydrogen) atoms. The number of nitrogens with one attached hydrogen (secondary N) is 1. The van der Waals surface area contributed by atoms with Crippen LogP contribution >= 0.6 is 0 Å². The van der Waals surface area contributed by atoms with Crippen LogP contribution in [0.2, 0.25) is 0 Å². The van der Waals surface area contributed by atoms with Crippen molar-refractivity contribution in [2.24, 2.45) is 17.8 Å². The van der Waals surface area contributed by atoms with Crippen molar-refractivity contribution in [2.45, 2.75) is 38.1 Å². The second-order valence-corrected chi connectivity index (χ2v) is 5.44. The van der Waals surface area contributed by atoms with E-state index >= 15 is 0 Å². The molecule has 6 heteroatoms. The number of ether oxygens (including phenoxy) is 1. The Kier molecular flexibility index (Phi) is 4.07. The smallest absolute Gasteiger partial charge is 0.326 e. The van der Waals surface area contributed by atoms with E-state index in [1.807, 2.05) is 0 Å². The molecule has 2 saturated carbocycles. The molecule has 0 aliphatic heterocycles. The SMILES string of the molecule is COC(=O)CC[C@H](NC(=O)C1CC2CC2C1)C(=O)O. The quantitative estimate of drug-likeness (QED) is 0.687. The Morgan fingerprint density at radius 2 is 1.89 bits per heavy atom. The number of carboxylic acids is 1. The first-order valence-corrected chi connectivity index (χ1v) is 6.61. The molecule has 0 aromatic carbocycles. The number of esters is 1. The van der Waals surface area contributed by atoms with Crippen molar-refractivity contribution in [3.8, 4) is 0 Å². The van der Waals surface area contributed by atoms with Crippen molar-refractivity contribution in [3.63, 3.8) is 0 Å². The Balaban J connectivity index is 1.80. The van der Waals surface area contributed by atoms with Crippen LogP contribution in [0.25, 0.3) is 0 Å². The average molecular weight is 269 g/mol. The summed E-state index contributed by atoms with van der Waals surface area (Å²) in [6.45, 7) is 0. The highest BCUT2D eigenvalue weighted by molar-refractivity contribution is 5.85. The fourth-order valence-corrected chi connectivity index (χ4v) is 2.84. The fraction of sp³-hybridized carbons (Fsp3) is 0.769. The Bertz CT molecular complexity index is 384. The van der Waals surface area contributed by atoms with Gasteiger partial charge >= 0.3 is 11.9 Å². The van der Waals surface area contributed by atoms with Gasteiger partial charge in [0.15, 0.2) is 0 Å². The van der Waals surface area contributed by atoms with E-state index in [4.69, 9.17) is 5.11 Å². The van der Waals surface area contributed by atoms with Crippen molar-refractivity contribution < 1.29 is 24.2 Å². The van der Waals surface area contributed by atoms with Crippen LogP contribution in [0, 0.1) is 17.8 Å². The molecular weight excluding hydrogens is 250 g/mol. The van der Waals surface area contributed by atoms with Gasteiger partial charge in [-0.25, -0.2) is 4.79 Å². The molecule has 0 aromatic heterocycles. The lowest BCUT2D eigenvalue weighted by Gasteiger charge is -2.17. The van der Waals surface area contributed by atoms with Gasteiger partial charge in [0, 0.05) is 12.3 Å². The Labute approximate surface area is 111 Å². The lowest BCUT2D eigenvalue weighted by atomic mass is 10.0. The van der Waals surface area contributed by atoms with Crippen molar-refractivity contribution in [1.82, 2.24) is 5.32 Å². The first-order valence-electron chi connectivity index (χ1n) is 6.61. The van der Waals surface area contributed by atoms with Gasteiger partial charge in [-0.3, -0.25) is 9.59 Å². The molecule has 2 aliphatic rings. The maximum atomic E-state index is 11.9. The molecule has 106 valence electrons. The summed E-state index contributed by atoms with van der Waals surface area (Å²) in [6, 6.07) is -1.01. The van der Waals surface area contributed by atoms with E-state index in [2.05, 4.69) is 10.1 Å². The number of aliphatic carboxylic acids is 1. The molecule has 2 N–H and O–H groups in total. The molecule has 0 spiro atoms. The Morgan fingerprint density at radius 3 is 2.42 bits per heavy atom. The standard InChI is InChI=1S/C13H19NO5/c1-19-11(15)3-2-10(13(17)18)14-12(16)9-5-7-4-8(7)6-9/h7-10H,2-6H2,1H3,(H,14,16)(H,17,18)/t7?,8?,9?,10-/m0/s1. The third kappa shape index (κ3) is 3.45. The van der Waals surface area contributed by atoms with E-state index < -0.39 is 18.0 Å². The number of carboxylic acid groups (broad SMARTS) is 1. The monoisotopic (exact) mass is 269 g/mol. The molecule has 6 nitrogen and oxygen atoms in total. The highest BCUT2D eigenvalue weighted by Crippen LogP contribution is 2.54. The highest BCUT2D eigenvalue weighted by atomic mass is 16.5. The van der Waals surface area contributed by atoms with Gasteiger partial charge in [0.1, 0.15) is 6.04 Å². The second kappa shape index (κ2) is 5.59. The molecule has 3 atom stereocenters. The molecule has 0 heterocycles. The number of hydrogen-bond acceptors (Lipinski definition) is 4. The van der Waals surface area contributed by atoms with Gasteiger partial charge < -0.3 is 15.2 Å². The van der Waals surface area contributed by atoms with Crippen LogP contribution in [0.5, 0.6) is 0 Å². The van der Waals surface area contributed by atoms with Crippen molar-refractivity contribution >= 4 is 17.8 Å². The minimum atomic E-state index is -1.11. The predicted octanol–water partition coefficient (Wildman–Crippen LogP) is 0.555. The number of rotatable bonds is 6. The molecule has 0 aromatic rings. The fourth-order valence-electron chi connectivity index (χ4n) is 2.84. The molecule has 2 rings (SSSR count). The van der Waals surface area contributed by atoms with Crippen molar-refractivity contribution in [1.29, 1.82) is 0 Å². The average Bonchev–Trinajstić information content (AvgIpc) is 2.99. The predicted molar refractivity (Wildman–Crippen MR) is 65.1 cm³/mol. The molecule has 2 fully saturated rings. The van der Waals surface area contributed by atoms with Crippen LogP contribution in [0.3, 0.4) is 0 Å². The van der Waals surface area contributed by atoms with Crippen LogP contribution in [0.4, 0.5) is 0 Å². The van der Waals surface area contributed by atoms with Gasteiger partial charge in [-0.05, 0) is 37.5 Å². The first kappa shape index (κ1) is 13.8. The summed E-state index contributed by atoms with van der Waals surface area (Å²) in [4.78, 5) is 34.0. The lowest BCUT2D eigenvalue weighted by molar-refractivity contribution is -0.144. The zero-order chi connectivity index (χ0) is 14.0. The summed E-state index contributed by atoms with van der Waals surface area (Å²) in [5.74, 6) is -0.473. The summed E-state index contributed by atoms with van der Waals surface area (Å²) >= 11 is 0. The molecule has 0 saturated heterocycles. The normalized spacial score (nSPS) is 29.2. The van der Waals surface area contributed by atoms with E-state index in [9.17, 15) is 14.4 Å². The van der Waals surface area contributed by atoms with E-state index in [1.54, 1.807) is 0 Å². The first-order chi connectivity index (χ1) is 9.01. The number of methoxy groups -OCH3 is 1. The van der Waals surface area contributed by atoms with Crippen LogP contribution in [-0.4, -0.2) is 36.1 Å². The number of fused-ring (bicyclic) bond motifs is 1. The second-order valence-electron chi connectivity index (χ2n) is 5.44. The largest absolute Gasteiger partial charge is 0.480 e. The topological polar surface area (TPSA) is 92.7 Å². The van der Waals surface area contributed by atoms with Crippen LogP contribution in [-0.2, 0) is 19.1 Å². The Morgan fingerprint density at radius 1 is 1.26 bits per heavy atom. The van der Waals surface area contributed by atoms with Crippen molar-refractivity contribution in [2.75, 3.05) is 7.11 Å². The number of carbonyl (C=O) groups excluding carboxylic acids is 2. The van der Waals surface area contributed by atoms with Gasteiger partial charge in [-0.2, -0.15) is 0 Å². The van der Waals surface area contributed by atoms with E-state index in [0.717, 1.165) is 12.8 Å². The third-order valence-electron chi connectivity index (χ3n) is 4.09. The van der Waals surface area contributed by atoms with Crippen LogP contribution in [0.15, 0.2) is 0 Å².